The lowest BCUT2D eigenvalue weighted by atomic mass is 9.90. The number of rotatable bonds is 3. The number of anilines is 1. The standard InChI is InChI=1S/C16H12N4O5S/c1-9(21)19-12-5-3-2-4-10(12)16(23,14(19)22)8-11-13(20(24)25)18-6-7-26-15(18)17-11/h2-7,23H,8H2,1H3. The van der Waals surface area contributed by atoms with E-state index in [1.165, 1.54) is 34.9 Å². The van der Waals surface area contributed by atoms with Crippen LogP contribution < -0.4 is 4.90 Å². The number of thiazole rings is 1. The molecule has 1 unspecified atom stereocenters. The zero-order chi connectivity index (χ0) is 18.6. The van der Waals surface area contributed by atoms with Crippen molar-refractivity contribution in [3.63, 3.8) is 0 Å². The number of aliphatic hydroxyl groups is 1. The minimum atomic E-state index is -2.10. The number of aromatic nitrogens is 2. The third-order valence-corrected chi connectivity index (χ3v) is 5.12. The van der Waals surface area contributed by atoms with Crippen molar-refractivity contribution in [1.29, 1.82) is 0 Å². The monoisotopic (exact) mass is 372 g/mol. The number of para-hydroxylation sites is 1. The molecule has 0 radical (unpaired) electrons. The number of hydrogen-bond acceptors (Lipinski definition) is 7. The molecule has 0 saturated carbocycles. The first-order chi connectivity index (χ1) is 12.3. The fraction of sp³-hybridized carbons (Fsp3) is 0.188. The lowest BCUT2D eigenvalue weighted by Crippen LogP contribution is -2.44. The maximum atomic E-state index is 12.8. The molecule has 0 saturated heterocycles. The fourth-order valence-corrected chi connectivity index (χ4v) is 4.01. The maximum absolute atomic E-state index is 12.8. The average molecular weight is 372 g/mol. The van der Waals surface area contributed by atoms with Crippen molar-refractivity contribution < 1.29 is 19.6 Å². The van der Waals surface area contributed by atoms with Crippen LogP contribution in [0, 0.1) is 10.1 Å². The van der Waals surface area contributed by atoms with Gasteiger partial charge in [-0.2, -0.15) is 9.38 Å². The number of imide groups is 1. The third kappa shape index (κ3) is 2.09. The Morgan fingerprint density at radius 3 is 2.85 bits per heavy atom. The van der Waals surface area contributed by atoms with E-state index in [9.17, 15) is 24.8 Å². The van der Waals surface area contributed by atoms with Crippen LogP contribution in [0.15, 0.2) is 35.8 Å². The number of nitrogens with zero attached hydrogens (tertiary/aromatic N) is 4. The van der Waals surface area contributed by atoms with Crippen LogP contribution in [0.25, 0.3) is 4.96 Å². The van der Waals surface area contributed by atoms with Gasteiger partial charge in [0, 0.05) is 24.3 Å². The number of hydrogen-bond donors (Lipinski definition) is 1. The zero-order valence-corrected chi connectivity index (χ0v) is 14.3. The van der Waals surface area contributed by atoms with Crippen LogP contribution in [-0.2, 0) is 21.6 Å². The van der Waals surface area contributed by atoms with Gasteiger partial charge in [0.15, 0.2) is 5.60 Å². The molecule has 1 aromatic carbocycles. The molecule has 3 aromatic rings. The molecule has 2 amide bonds. The van der Waals surface area contributed by atoms with Gasteiger partial charge in [-0.1, -0.05) is 29.5 Å². The molecule has 26 heavy (non-hydrogen) atoms. The molecule has 10 heteroatoms. The molecule has 1 atom stereocenters. The van der Waals surface area contributed by atoms with Crippen LogP contribution in [0.2, 0.25) is 0 Å². The van der Waals surface area contributed by atoms with Gasteiger partial charge in [0.1, 0.15) is 11.9 Å². The summed E-state index contributed by atoms with van der Waals surface area (Å²) >= 11 is 1.20. The summed E-state index contributed by atoms with van der Waals surface area (Å²) < 4.78 is 1.30. The van der Waals surface area contributed by atoms with Crippen LogP contribution in [0.1, 0.15) is 18.2 Å². The Morgan fingerprint density at radius 2 is 2.15 bits per heavy atom. The highest BCUT2D eigenvalue weighted by Crippen LogP contribution is 2.43. The molecule has 2 aromatic heterocycles. The summed E-state index contributed by atoms with van der Waals surface area (Å²) in [6.45, 7) is 1.22. The largest absolute Gasteiger partial charge is 0.375 e. The van der Waals surface area contributed by atoms with Crippen molar-refractivity contribution in [3.8, 4) is 0 Å². The molecule has 1 aliphatic rings. The van der Waals surface area contributed by atoms with E-state index in [-0.39, 0.29) is 22.8 Å². The minimum Gasteiger partial charge on any atom is -0.375 e. The van der Waals surface area contributed by atoms with Gasteiger partial charge in [-0.15, -0.1) is 0 Å². The Morgan fingerprint density at radius 1 is 1.42 bits per heavy atom. The molecular weight excluding hydrogens is 360 g/mol. The van der Waals surface area contributed by atoms with Crippen molar-refractivity contribution in [2.24, 2.45) is 0 Å². The third-order valence-electron chi connectivity index (χ3n) is 4.36. The second-order valence-electron chi connectivity index (χ2n) is 5.91. The molecule has 3 heterocycles. The number of nitro groups is 1. The smallest absolute Gasteiger partial charge is 0.351 e. The maximum Gasteiger partial charge on any atom is 0.351 e. The number of fused-ring (bicyclic) bond motifs is 2. The van der Waals surface area contributed by atoms with Gasteiger partial charge < -0.3 is 15.2 Å². The molecule has 4 rings (SSSR count). The SMILES string of the molecule is CC(=O)N1C(=O)C(O)(Cc2nc3sccn3c2[N+](=O)[O-])c2ccccc21. The second kappa shape index (κ2) is 5.44. The first-order valence-electron chi connectivity index (χ1n) is 7.60. The number of carbonyl (C=O) groups is 2. The summed E-state index contributed by atoms with van der Waals surface area (Å²) in [6, 6.07) is 6.34. The lowest BCUT2D eigenvalue weighted by molar-refractivity contribution is -0.391. The summed E-state index contributed by atoms with van der Waals surface area (Å²) in [7, 11) is 0. The normalized spacial score (nSPS) is 19.2. The Kier molecular flexibility index (Phi) is 3.43. The number of amides is 2. The van der Waals surface area contributed by atoms with E-state index in [0.717, 1.165) is 4.90 Å². The summed E-state index contributed by atoms with van der Waals surface area (Å²) in [4.78, 5) is 41.1. The predicted molar refractivity (Wildman–Crippen MR) is 91.9 cm³/mol. The Labute approximate surface area is 150 Å². The molecule has 132 valence electrons. The van der Waals surface area contributed by atoms with E-state index >= 15 is 0 Å². The van der Waals surface area contributed by atoms with Gasteiger partial charge in [0.2, 0.25) is 5.91 Å². The number of carbonyl (C=O) groups excluding carboxylic acids is 2. The quantitative estimate of drug-likeness (QED) is 0.551. The summed E-state index contributed by atoms with van der Waals surface area (Å²) in [5.74, 6) is -1.68. The molecule has 0 bridgehead atoms. The summed E-state index contributed by atoms with van der Waals surface area (Å²) in [5, 5.41) is 24.3. The molecule has 0 spiro atoms. The number of benzene rings is 1. The van der Waals surface area contributed by atoms with E-state index in [4.69, 9.17) is 0 Å². The molecule has 9 nitrogen and oxygen atoms in total. The Bertz CT molecular complexity index is 1090. The molecule has 0 fully saturated rings. The van der Waals surface area contributed by atoms with Crippen LogP contribution in [0.3, 0.4) is 0 Å². The van der Waals surface area contributed by atoms with Gasteiger partial charge in [0.05, 0.1) is 5.69 Å². The lowest BCUT2D eigenvalue weighted by Gasteiger charge is -2.21. The van der Waals surface area contributed by atoms with Gasteiger partial charge in [-0.3, -0.25) is 9.59 Å². The van der Waals surface area contributed by atoms with E-state index in [1.54, 1.807) is 23.6 Å². The van der Waals surface area contributed by atoms with Gasteiger partial charge >= 0.3 is 5.82 Å². The van der Waals surface area contributed by atoms with E-state index < -0.39 is 28.8 Å². The number of imidazole rings is 1. The van der Waals surface area contributed by atoms with Gasteiger partial charge in [-0.25, -0.2) is 4.90 Å². The molecule has 1 aliphatic heterocycles. The summed E-state index contributed by atoms with van der Waals surface area (Å²) in [6.07, 6.45) is 1.10. The van der Waals surface area contributed by atoms with Crippen LogP contribution in [0.4, 0.5) is 11.5 Å². The van der Waals surface area contributed by atoms with Crippen molar-refractivity contribution in [1.82, 2.24) is 9.38 Å². The van der Waals surface area contributed by atoms with Crippen LogP contribution in [-0.4, -0.2) is 31.2 Å². The highest BCUT2D eigenvalue weighted by Gasteiger charge is 2.52. The highest BCUT2D eigenvalue weighted by atomic mass is 32.1. The van der Waals surface area contributed by atoms with E-state index in [0.29, 0.717) is 4.96 Å². The molecule has 0 aliphatic carbocycles. The Balaban J connectivity index is 1.87. The summed E-state index contributed by atoms with van der Waals surface area (Å²) in [5.41, 5.74) is -1.61. The second-order valence-corrected chi connectivity index (χ2v) is 6.78. The van der Waals surface area contributed by atoms with E-state index in [1.807, 2.05) is 0 Å². The molecule has 1 N–H and O–H groups in total. The van der Waals surface area contributed by atoms with Crippen LogP contribution >= 0.6 is 11.3 Å². The van der Waals surface area contributed by atoms with Crippen molar-refractivity contribution in [2.45, 2.75) is 18.9 Å². The first kappa shape index (κ1) is 16.4. The zero-order valence-electron chi connectivity index (χ0n) is 13.4. The van der Waals surface area contributed by atoms with Crippen molar-refractivity contribution in [2.75, 3.05) is 4.90 Å². The minimum absolute atomic E-state index is 0.0158. The van der Waals surface area contributed by atoms with Crippen molar-refractivity contribution in [3.05, 3.63) is 57.2 Å². The molecular formula is C16H12N4O5S. The predicted octanol–water partition coefficient (Wildman–Crippen LogP) is 1.63. The van der Waals surface area contributed by atoms with Crippen molar-refractivity contribution >= 4 is 39.6 Å². The highest BCUT2D eigenvalue weighted by molar-refractivity contribution is 7.15. The van der Waals surface area contributed by atoms with E-state index in [2.05, 4.69) is 4.98 Å². The fourth-order valence-electron chi connectivity index (χ4n) is 3.28. The topological polar surface area (TPSA) is 118 Å². The Hall–Kier alpha value is -3.11. The average Bonchev–Trinajstić information content (AvgIpc) is 3.20. The first-order valence-corrected chi connectivity index (χ1v) is 8.48. The van der Waals surface area contributed by atoms with Crippen LogP contribution in [0.5, 0.6) is 0 Å². The van der Waals surface area contributed by atoms with Gasteiger partial charge in [0.25, 0.3) is 10.9 Å². The van der Waals surface area contributed by atoms with Gasteiger partial charge in [-0.05, 0) is 11.0 Å².